The monoisotopic (exact) mass is 460 g/mol. The number of hydrogen-bond acceptors (Lipinski definition) is 4. The van der Waals surface area contributed by atoms with Crippen molar-refractivity contribution in [3.8, 4) is 0 Å². The summed E-state index contributed by atoms with van der Waals surface area (Å²) in [6.07, 6.45) is 4.34. The fourth-order valence-electron chi connectivity index (χ4n) is 4.30. The maximum atomic E-state index is 13.9. The molecule has 0 aliphatic heterocycles. The Bertz CT molecular complexity index is 1340. The first-order valence-corrected chi connectivity index (χ1v) is 11.9. The second-order valence-electron chi connectivity index (χ2n) is 8.63. The third-order valence-electron chi connectivity index (χ3n) is 6.13. The second-order valence-corrected chi connectivity index (χ2v) is 8.63. The number of amides is 1. The molecule has 0 unspecified atom stereocenters. The predicted octanol–water partition coefficient (Wildman–Crippen LogP) is 4.44. The molecule has 3 aromatic heterocycles. The lowest BCUT2D eigenvalue weighted by Gasteiger charge is -2.23. The molecule has 0 aliphatic rings. The van der Waals surface area contributed by atoms with Gasteiger partial charge in [-0.25, -0.2) is 4.98 Å². The molecule has 34 heavy (non-hydrogen) atoms. The number of aromatic nitrogens is 3. The quantitative estimate of drug-likeness (QED) is 0.328. The molecule has 1 amide bonds. The molecule has 0 saturated carbocycles. The van der Waals surface area contributed by atoms with Crippen LogP contribution in [0.1, 0.15) is 47.8 Å². The summed E-state index contributed by atoms with van der Waals surface area (Å²) in [5.41, 5.74) is 3.48. The van der Waals surface area contributed by atoms with Crippen molar-refractivity contribution in [2.45, 2.75) is 46.2 Å². The number of unbranched alkanes of at least 4 members (excludes halogenated alkanes) is 1. The Kier molecular flexibility index (Phi) is 7.43. The van der Waals surface area contributed by atoms with Gasteiger partial charge in [0.2, 0.25) is 0 Å². The third kappa shape index (κ3) is 4.75. The number of nitrogens with zero attached hydrogens (tertiary/aromatic N) is 4. The average Bonchev–Trinajstić information content (AvgIpc) is 3.22. The molecule has 4 rings (SSSR count). The average molecular weight is 461 g/mol. The van der Waals surface area contributed by atoms with Crippen LogP contribution in [0.15, 0.2) is 59.5 Å². The van der Waals surface area contributed by atoms with Crippen molar-refractivity contribution in [2.75, 3.05) is 20.3 Å². The molecular weight excluding hydrogens is 428 g/mol. The van der Waals surface area contributed by atoms with Crippen LogP contribution in [-0.2, 0) is 17.8 Å². The maximum absolute atomic E-state index is 13.9. The van der Waals surface area contributed by atoms with Crippen LogP contribution in [-0.4, -0.2) is 45.0 Å². The van der Waals surface area contributed by atoms with E-state index in [4.69, 9.17) is 9.72 Å². The standard InChI is InChI=1S/C27H32N4O3/c1-4-5-14-29(19-21-12-7-6-8-13-21)27(33)23-18-22-25(30(23)16-10-17-34-3)28-24-20(2)11-9-15-31(24)26(22)32/h6-9,11-13,15,18H,4-5,10,14,16-17,19H2,1-3H3. The molecule has 0 spiro atoms. The largest absolute Gasteiger partial charge is 0.385 e. The van der Waals surface area contributed by atoms with Crippen molar-refractivity contribution >= 4 is 22.6 Å². The number of methoxy groups -OCH3 is 1. The minimum absolute atomic E-state index is 0.0853. The van der Waals surface area contributed by atoms with E-state index in [0.29, 0.717) is 55.0 Å². The number of fused-ring (bicyclic) bond motifs is 2. The molecule has 0 fully saturated rings. The van der Waals surface area contributed by atoms with Crippen LogP contribution in [0, 0.1) is 6.92 Å². The molecule has 178 valence electrons. The second kappa shape index (κ2) is 10.7. The molecule has 0 bridgehead atoms. The summed E-state index contributed by atoms with van der Waals surface area (Å²) in [4.78, 5) is 34.0. The lowest BCUT2D eigenvalue weighted by atomic mass is 10.2. The van der Waals surface area contributed by atoms with Gasteiger partial charge in [0.15, 0.2) is 0 Å². The highest BCUT2D eigenvalue weighted by atomic mass is 16.5. The number of ether oxygens (including phenoxy) is 1. The Morgan fingerprint density at radius 2 is 1.88 bits per heavy atom. The summed E-state index contributed by atoms with van der Waals surface area (Å²) in [5, 5.41) is 0.457. The molecule has 1 aromatic carbocycles. The van der Waals surface area contributed by atoms with Crippen molar-refractivity contribution in [1.29, 1.82) is 0 Å². The molecule has 4 aromatic rings. The first-order chi connectivity index (χ1) is 16.5. The van der Waals surface area contributed by atoms with E-state index in [1.165, 1.54) is 0 Å². The van der Waals surface area contributed by atoms with Crippen LogP contribution in [0.5, 0.6) is 0 Å². The first-order valence-electron chi connectivity index (χ1n) is 11.9. The molecule has 3 heterocycles. The summed E-state index contributed by atoms with van der Waals surface area (Å²) in [6.45, 7) is 6.32. The Labute approximate surface area is 199 Å². The number of carbonyl (C=O) groups is 1. The fraction of sp³-hybridized carbons (Fsp3) is 0.370. The molecule has 0 saturated heterocycles. The highest BCUT2D eigenvalue weighted by molar-refractivity contribution is 5.98. The molecule has 7 nitrogen and oxygen atoms in total. The van der Waals surface area contributed by atoms with Gasteiger partial charge in [0.1, 0.15) is 17.0 Å². The van der Waals surface area contributed by atoms with Gasteiger partial charge in [0, 0.05) is 39.5 Å². The molecule has 0 radical (unpaired) electrons. The van der Waals surface area contributed by atoms with Crippen LogP contribution < -0.4 is 5.56 Å². The maximum Gasteiger partial charge on any atom is 0.270 e. The minimum atomic E-state index is -0.161. The zero-order valence-corrected chi connectivity index (χ0v) is 20.2. The summed E-state index contributed by atoms with van der Waals surface area (Å²) >= 11 is 0. The fourth-order valence-corrected chi connectivity index (χ4v) is 4.30. The molecule has 0 atom stereocenters. The molecule has 0 aliphatic carbocycles. The SMILES string of the molecule is CCCCN(Cc1ccccc1)C(=O)c1cc2c(=O)n3cccc(C)c3nc2n1CCCOC. The zero-order chi connectivity index (χ0) is 24.1. The van der Waals surface area contributed by atoms with Gasteiger partial charge in [-0.1, -0.05) is 49.7 Å². The number of pyridine rings is 1. The van der Waals surface area contributed by atoms with E-state index in [9.17, 15) is 9.59 Å². The van der Waals surface area contributed by atoms with Gasteiger partial charge < -0.3 is 14.2 Å². The molecule has 0 N–H and O–H groups in total. The first kappa shape index (κ1) is 23.7. The van der Waals surface area contributed by atoms with Gasteiger partial charge in [-0.05, 0) is 43.0 Å². The molecule has 7 heteroatoms. The topological polar surface area (TPSA) is 68.8 Å². The normalized spacial score (nSPS) is 11.4. The summed E-state index contributed by atoms with van der Waals surface area (Å²) in [6, 6.07) is 15.5. The van der Waals surface area contributed by atoms with Crippen molar-refractivity contribution < 1.29 is 9.53 Å². The Morgan fingerprint density at radius 3 is 2.62 bits per heavy atom. The highest BCUT2D eigenvalue weighted by Gasteiger charge is 2.24. The van der Waals surface area contributed by atoms with Crippen molar-refractivity contribution in [3.63, 3.8) is 0 Å². The van der Waals surface area contributed by atoms with E-state index >= 15 is 0 Å². The summed E-state index contributed by atoms with van der Waals surface area (Å²) in [7, 11) is 1.66. The van der Waals surface area contributed by atoms with Gasteiger partial charge in [0.05, 0.1) is 5.39 Å². The van der Waals surface area contributed by atoms with Gasteiger partial charge in [-0.15, -0.1) is 0 Å². The van der Waals surface area contributed by atoms with E-state index in [-0.39, 0.29) is 11.5 Å². The van der Waals surface area contributed by atoms with Crippen molar-refractivity contribution in [3.05, 3.63) is 81.9 Å². The van der Waals surface area contributed by atoms with Gasteiger partial charge in [0.25, 0.3) is 11.5 Å². The van der Waals surface area contributed by atoms with Crippen LogP contribution >= 0.6 is 0 Å². The summed E-state index contributed by atoms with van der Waals surface area (Å²) < 4.78 is 8.71. The third-order valence-corrected chi connectivity index (χ3v) is 6.13. The number of benzene rings is 1. The minimum Gasteiger partial charge on any atom is -0.385 e. The van der Waals surface area contributed by atoms with E-state index in [1.807, 2.05) is 58.9 Å². The summed E-state index contributed by atoms with van der Waals surface area (Å²) in [5.74, 6) is -0.0853. The van der Waals surface area contributed by atoms with Crippen LogP contribution in [0.4, 0.5) is 0 Å². The van der Waals surface area contributed by atoms with Crippen molar-refractivity contribution in [1.82, 2.24) is 18.9 Å². The number of hydrogen-bond donors (Lipinski definition) is 0. The van der Waals surface area contributed by atoms with Gasteiger partial charge >= 0.3 is 0 Å². The van der Waals surface area contributed by atoms with Crippen LogP contribution in [0.25, 0.3) is 16.7 Å². The van der Waals surface area contributed by atoms with E-state index in [0.717, 1.165) is 24.0 Å². The zero-order valence-electron chi connectivity index (χ0n) is 20.2. The van der Waals surface area contributed by atoms with E-state index < -0.39 is 0 Å². The number of aryl methyl sites for hydroxylation is 2. The Balaban J connectivity index is 1.84. The Hall–Kier alpha value is -3.45. The van der Waals surface area contributed by atoms with Crippen molar-refractivity contribution in [2.24, 2.45) is 0 Å². The Morgan fingerprint density at radius 1 is 1.09 bits per heavy atom. The van der Waals surface area contributed by atoms with E-state index in [1.54, 1.807) is 23.8 Å². The lowest BCUT2D eigenvalue weighted by Crippen LogP contribution is -2.33. The van der Waals surface area contributed by atoms with Crippen LogP contribution in [0.3, 0.4) is 0 Å². The van der Waals surface area contributed by atoms with Gasteiger partial charge in [-0.3, -0.25) is 14.0 Å². The smallest absolute Gasteiger partial charge is 0.270 e. The predicted molar refractivity (Wildman–Crippen MR) is 134 cm³/mol. The lowest BCUT2D eigenvalue weighted by molar-refractivity contribution is 0.0729. The van der Waals surface area contributed by atoms with E-state index in [2.05, 4.69) is 6.92 Å². The molecular formula is C27H32N4O3. The van der Waals surface area contributed by atoms with Gasteiger partial charge in [-0.2, -0.15) is 0 Å². The van der Waals surface area contributed by atoms with Crippen LogP contribution in [0.2, 0.25) is 0 Å². The highest BCUT2D eigenvalue weighted by Crippen LogP contribution is 2.21. The number of rotatable bonds is 10. The number of carbonyl (C=O) groups excluding carboxylic acids is 1.